The highest BCUT2D eigenvalue weighted by Gasteiger charge is 2.15. The van der Waals surface area contributed by atoms with Gasteiger partial charge in [-0.15, -0.1) is 0 Å². The molecule has 112 valence electrons. The van der Waals surface area contributed by atoms with Crippen LogP contribution in [0.25, 0.3) is 22.2 Å². The van der Waals surface area contributed by atoms with Crippen molar-refractivity contribution in [1.29, 1.82) is 0 Å². The van der Waals surface area contributed by atoms with Crippen LogP contribution in [0.2, 0.25) is 0 Å². The van der Waals surface area contributed by atoms with Crippen molar-refractivity contribution in [2.45, 2.75) is 13.3 Å². The first-order valence-electron chi connectivity index (χ1n) is 7.23. The van der Waals surface area contributed by atoms with Crippen molar-refractivity contribution < 1.29 is 14.6 Å². The van der Waals surface area contributed by atoms with Gasteiger partial charge in [0.15, 0.2) is 0 Å². The van der Waals surface area contributed by atoms with Gasteiger partial charge in [0.1, 0.15) is 5.75 Å². The molecule has 0 saturated carbocycles. The fraction of sp³-hybridized carbons (Fsp3) is 0.167. The van der Waals surface area contributed by atoms with Crippen molar-refractivity contribution in [3.63, 3.8) is 0 Å². The number of rotatable bonds is 5. The first kappa shape index (κ1) is 14.2. The second kappa shape index (κ2) is 5.93. The molecular weight excluding hydrogens is 278 g/mol. The number of carboxylic acids is 1. The Morgan fingerprint density at radius 1 is 1.14 bits per heavy atom. The van der Waals surface area contributed by atoms with Gasteiger partial charge in [-0.2, -0.15) is 0 Å². The molecule has 1 heterocycles. The van der Waals surface area contributed by atoms with Crippen LogP contribution >= 0.6 is 0 Å². The number of fused-ring (bicyclic) bond motifs is 1. The van der Waals surface area contributed by atoms with Crippen LogP contribution in [0, 0.1) is 0 Å². The number of aliphatic carboxylic acids is 1. The lowest BCUT2D eigenvalue weighted by Crippen LogP contribution is -2.01. The zero-order chi connectivity index (χ0) is 15.5. The molecule has 0 fully saturated rings. The van der Waals surface area contributed by atoms with Gasteiger partial charge in [0, 0.05) is 10.9 Å². The molecule has 0 aliphatic carbocycles. The second-order valence-corrected chi connectivity index (χ2v) is 5.05. The Morgan fingerprint density at radius 2 is 1.86 bits per heavy atom. The summed E-state index contributed by atoms with van der Waals surface area (Å²) in [7, 11) is 0. The lowest BCUT2D eigenvalue weighted by Gasteiger charge is -2.06. The number of carbonyl (C=O) groups is 1. The molecule has 0 spiro atoms. The lowest BCUT2D eigenvalue weighted by atomic mass is 10.0. The quantitative estimate of drug-likeness (QED) is 0.751. The molecule has 1 aromatic heterocycles. The number of carboxylic acid groups (broad SMARTS) is 1. The first-order chi connectivity index (χ1) is 10.7. The molecule has 0 aliphatic rings. The smallest absolute Gasteiger partial charge is 0.307 e. The molecule has 0 atom stereocenters. The van der Waals surface area contributed by atoms with Crippen molar-refractivity contribution in [1.82, 2.24) is 4.98 Å². The van der Waals surface area contributed by atoms with E-state index < -0.39 is 5.97 Å². The summed E-state index contributed by atoms with van der Waals surface area (Å²) in [5.41, 5.74) is 3.57. The third kappa shape index (κ3) is 2.68. The van der Waals surface area contributed by atoms with Gasteiger partial charge < -0.3 is 14.8 Å². The summed E-state index contributed by atoms with van der Waals surface area (Å²) in [4.78, 5) is 14.5. The predicted octanol–water partition coefficient (Wildman–Crippen LogP) is 3.86. The molecule has 2 N–H and O–H groups in total. The minimum atomic E-state index is -0.836. The van der Waals surface area contributed by atoms with Crippen LogP contribution < -0.4 is 4.74 Å². The summed E-state index contributed by atoms with van der Waals surface area (Å²) < 4.78 is 5.45. The van der Waals surface area contributed by atoms with Crippen LogP contribution in [0.4, 0.5) is 0 Å². The average molecular weight is 295 g/mol. The summed E-state index contributed by atoms with van der Waals surface area (Å²) in [5, 5.41) is 10.1. The Bertz CT molecular complexity index is 803. The number of aromatic amines is 1. The van der Waals surface area contributed by atoms with Crippen LogP contribution in [0.15, 0.2) is 48.5 Å². The summed E-state index contributed by atoms with van der Waals surface area (Å²) in [5.74, 6) is -0.0286. The average Bonchev–Trinajstić information content (AvgIpc) is 2.87. The van der Waals surface area contributed by atoms with Gasteiger partial charge in [-0.1, -0.05) is 18.2 Å². The van der Waals surface area contributed by atoms with Gasteiger partial charge in [-0.25, -0.2) is 0 Å². The maximum Gasteiger partial charge on any atom is 0.307 e. The third-order valence-corrected chi connectivity index (χ3v) is 3.60. The Hall–Kier alpha value is -2.75. The number of ether oxygens (including phenoxy) is 1. The molecule has 4 nitrogen and oxygen atoms in total. The second-order valence-electron chi connectivity index (χ2n) is 5.05. The van der Waals surface area contributed by atoms with E-state index in [0.717, 1.165) is 33.5 Å². The Morgan fingerprint density at radius 3 is 2.55 bits per heavy atom. The van der Waals surface area contributed by atoms with E-state index in [-0.39, 0.29) is 6.42 Å². The minimum absolute atomic E-state index is 0.00738. The van der Waals surface area contributed by atoms with Gasteiger partial charge in [0.2, 0.25) is 0 Å². The molecule has 2 aromatic carbocycles. The summed E-state index contributed by atoms with van der Waals surface area (Å²) in [6, 6.07) is 15.4. The Balaban J connectivity index is 2.10. The van der Waals surface area contributed by atoms with Gasteiger partial charge in [0.25, 0.3) is 0 Å². The fourth-order valence-electron chi connectivity index (χ4n) is 2.67. The molecule has 0 amide bonds. The highest BCUT2D eigenvalue weighted by atomic mass is 16.5. The maximum atomic E-state index is 11.2. The van der Waals surface area contributed by atoms with Crippen LogP contribution in [-0.2, 0) is 11.2 Å². The van der Waals surface area contributed by atoms with E-state index in [0.29, 0.717) is 6.61 Å². The first-order valence-corrected chi connectivity index (χ1v) is 7.23. The van der Waals surface area contributed by atoms with Crippen LogP contribution in [0.1, 0.15) is 12.5 Å². The van der Waals surface area contributed by atoms with Gasteiger partial charge >= 0.3 is 5.97 Å². The number of aromatic nitrogens is 1. The number of H-pyrrole nitrogens is 1. The van der Waals surface area contributed by atoms with Crippen molar-refractivity contribution in [3.8, 4) is 17.0 Å². The van der Waals surface area contributed by atoms with E-state index in [9.17, 15) is 9.90 Å². The number of hydrogen-bond acceptors (Lipinski definition) is 2. The van der Waals surface area contributed by atoms with Crippen LogP contribution in [0.5, 0.6) is 5.75 Å². The summed E-state index contributed by atoms with van der Waals surface area (Å²) in [6.45, 7) is 2.56. The van der Waals surface area contributed by atoms with E-state index in [1.54, 1.807) is 0 Å². The molecule has 0 radical (unpaired) electrons. The van der Waals surface area contributed by atoms with E-state index >= 15 is 0 Å². The van der Waals surface area contributed by atoms with Crippen molar-refractivity contribution >= 4 is 16.9 Å². The van der Waals surface area contributed by atoms with Gasteiger partial charge in [-0.3, -0.25) is 4.79 Å². The number of hydrogen-bond donors (Lipinski definition) is 2. The van der Waals surface area contributed by atoms with E-state index in [2.05, 4.69) is 4.98 Å². The van der Waals surface area contributed by atoms with Crippen LogP contribution in [0.3, 0.4) is 0 Å². The minimum Gasteiger partial charge on any atom is -0.494 e. The zero-order valence-corrected chi connectivity index (χ0v) is 12.3. The van der Waals surface area contributed by atoms with Crippen LogP contribution in [-0.4, -0.2) is 22.7 Å². The zero-order valence-electron chi connectivity index (χ0n) is 12.3. The number of benzene rings is 2. The molecule has 3 rings (SSSR count). The Kier molecular flexibility index (Phi) is 3.83. The summed E-state index contributed by atoms with van der Waals surface area (Å²) in [6.07, 6.45) is -0.00738. The topological polar surface area (TPSA) is 62.3 Å². The third-order valence-electron chi connectivity index (χ3n) is 3.60. The Labute approximate surface area is 128 Å². The molecule has 0 aliphatic heterocycles. The lowest BCUT2D eigenvalue weighted by molar-refractivity contribution is -0.136. The van der Waals surface area contributed by atoms with Gasteiger partial charge in [0.05, 0.1) is 18.7 Å². The fourth-order valence-corrected chi connectivity index (χ4v) is 2.67. The van der Waals surface area contributed by atoms with Gasteiger partial charge in [-0.05, 0) is 48.4 Å². The molecule has 4 heteroatoms. The highest BCUT2D eigenvalue weighted by Crippen LogP contribution is 2.31. The molecular formula is C18H17NO3. The molecule has 22 heavy (non-hydrogen) atoms. The van der Waals surface area contributed by atoms with Crippen molar-refractivity contribution in [2.24, 2.45) is 0 Å². The highest BCUT2D eigenvalue weighted by molar-refractivity contribution is 5.93. The molecule has 0 saturated heterocycles. The molecule has 3 aromatic rings. The summed E-state index contributed by atoms with van der Waals surface area (Å²) >= 11 is 0. The van der Waals surface area contributed by atoms with Crippen molar-refractivity contribution in [2.75, 3.05) is 6.61 Å². The molecule has 0 bridgehead atoms. The normalized spacial score (nSPS) is 10.8. The monoisotopic (exact) mass is 295 g/mol. The van der Waals surface area contributed by atoms with Crippen molar-refractivity contribution in [3.05, 3.63) is 54.1 Å². The number of nitrogens with one attached hydrogen (secondary N) is 1. The predicted molar refractivity (Wildman–Crippen MR) is 86.2 cm³/mol. The number of para-hydroxylation sites is 1. The maximum absolute atomic E-state index is 11.2. The SMILES string of the molecule is CCOc1ccc(-c2[nH]c3ccccc3c2CC(=O)O)cc1. The van der Waals surface area contributed by atoms with E-state index in [1.807, 2.05) is 55.5 Å². The van der Waals surface area contributed by atoms with E-state index in [4.69, 9.17) is 4.74 Å². The molecule has 0 unspecified atom stereocenters. The standard InChI is InChI=1S/C18H17NO3/c1-2-22-13-9-7-12(8-10-13)18-15(11-17(20)21)14-5-3-4-6-16(14)19-18/h3-10,19H,2,11H2,1H3,(H,20,21). The largest absolute Gasteiger partial charge is 0.494 e. The van der Waals surface area contributed by atoms with E-state index in [1.165, 1.54) is 0 Å².